The summed E-state index contributed by atoms with van der Waals surface area (Å²) in [6.45, 7) is 10.0. The Hall–Kier alpha value is -1.13. The lowest BCUT2D eigenvalue weighted by Crippen LogP contribution is -2.36. The maximum absolute atomic E-state index is 14.3. The van der Waals surface area contributed by atoms with Gasteiger partial charge in [-0.25, -0.2) is 4.39 Å². The van der Waals surface area contributed by atoms with E-state index in [1.165, 1.54) is 6.07 Å². The lowest BCUT2D eigenvalue weighted by molar-refractivity contribution is -0.0849. The minimum atomic E-state index is -0.424. The zero-order chi connectivity index (χ0) is 15.8. The van der Waals surface area contributed by atoms with E-state index in [0.717, 1.165) is 12.0 Å². The van der Waals surface area contributed by atoms with Gasteiger partial charge < -0.3 is 14.8 Å². The minimum Gasteiger partial charge on any atom is -0.484 e. The number of ether oxygens (including phenoxy) is 2. The molecule has 1 aromatic rings. The predicted octanol–water partition coefficient (Wildman–Crippen LogP) is 3.83. The fraction of sp³-hybridized carbons (Fsp3) is 0.647. The maximum Gasteiger partial charge on any atom is 0.165 e. The molecule has 3 nitrogen and oxygen atoms in total. The number of hydrogen-bond donors (Lipinski definition) is 1. The third-order valence-electron chi connectivity index (χ3n) is 4.15. The highest BCUT2D eigenvalue weighted by Gasteiger charge is 2.47. The fourth-order valence-corrected chi connectivity index (χ4v) is 2.90. The third kappa shape index (κ3) is 3.55. The molecule has 1 aromatic carbocycles. The molecule has 0 spiro atoms. The summed E-state index contributed by atoms with van der Waals surface area (Å²) in [5.74, 6) is -0.0310. The molecule has 4 heteroatoms. The minimum absolute atomic E-state index is 0.110. The van der Waals surface area contributed by atoms with E-state index in [0.29, 0.717) is 5.75 Å². The second-order valence-corrected chi connectivity index (χ2v) is 6.98. The van der Waals surface area contributed by atoms with Gasteiger partial charge in [0.1, 0.15) is 11.7 Å². The Bertz CT molecular complexity index is 514. The summed E-state index contributed by atoms with van der Waals surface area (Å²) in [7, 11) is 1.85. The Balaban J connectivity index is 2.17. The highest BCUT2D eigenvalue weighted by atomic mass is 19.1. The van der Waals surface area contributed by atoms with E-state index < -0.39 is 5.60 Å². The number of hydrogen-bond acceptors (Lipinski definition) is 3. The first kappa shape index (κ1) is 16.2. The SMILES string of the molecule is CNC(C)c1ccc(OC2CC(C)(C)OC2(C)C)c(F)c1. The lowest BCUT2D eigenvalue weighted by atomic mass is 9.97. The molecule has 0 saturated carbocycles. The van der Waals surface area contributed by atoms with Crippen LogP contribution in [0.2, 0.25) is 0 Å². The molecule has 2 unspecified atom stereocenters. The van der Waals surface area contributed by atoms with Crippen LogP contribution in [0.3, 0.4) is 0 Å². The number of benzene rings is 1. The molecule has 0 amide bonds. The Kier molecular flexibility index (Phi) is 4.31. The Morgan fingerprint density at radius 2 is 2.00 bits per heavy atom. The van der Waals surface area contributed by atoms with E-state index >= 15 is 0 Å². The quantitative estimate of drug-likeness (QED) is 0.915. The van der Waals surface area contributed by atoms with E-state index in [1.54, 1.807) is 6.07 Å². The second kappa shape index (κ2) is 5.58. The van der Waals surface area contributed by atoms with E-state index in [2.05, 4.69) is 5.32 Å². The van der Waals surface area contributed by atoms with Crippen molar-refractivity contribution in [3.63, 3.8) is 0 Å². The summed E-state index contributed by atoms with van der Waals surface area (Å²) in [6, 6.07) is 5.25. The highest BCUT2D eigenvalue weighted by Crippen LogP contribution is 2.40. The maximum atomic E-state index is 14.3. The van der Waals surface area contributed by atoms with Crippen LogP contribution in [-0.2, 0) is 4.74 Å². The summed E-state index contributed by atoms with van der Waals surface area (Å²) in [4.78, 5) is 0. The zero-order valence-corrected chi connectivity index (χ0v) is 13.8. The van der Waals surface area contributed by atoms with Crippen LogP contribution in [0.1, 0.15) is 52.6 Å². The highest BCUT2D eigenvalue weighted by molar-refractivity contribution is 5.31. The van der Waals surface area contributed by atoms with Crippen LogP contribution in [-0.4, -0.2) is 24.4 Å². The smallest absolute Gasteiger partial charge is 0.165 e. The molecule has 2 atom stereocenters. The molecular formula is C17H26FNO2. The first-order valence-corrected chi connectivity index (χ1v) is 7.48. The van der Waals surface area contributed by atoms with Gasteiger partial charge in [-0.2, -0.15) is 0 Å². The average Bonchev–Trinajstić information content (AvgIpc) is 2.58. The van der Waals surface area contributed by atoms with Crippen LogP contribution in [0.15, 0.2) is 18.2 Å². The van der Waals surface area contributed by atoms with Crippen molar-refractivity contribution in [2.75, 3.05) is 7.05 Å². The molecule has 0 radical (unpaired) electrons. The number of halogens is 1. The van der Waals surface area contributed by atoms with Gasteiger partial charge in [-0.15, -0.1) is 0 Å². The normalized spacial score (nSPS) is 24.8. The van der Waals surface area contributed by atoms with E-state index in [1.807, 2.05) is 47.7 Å². The molecule has 1 fully saturated rings. The third-order valence-corrected chi connectivity index (χ3v) is 4.15. The van der Waals surface area contributed by atoms with Gasteiger partial charge in [-0.05, 0) is 59.4 Å². The summed E-state index contributed by atoms with van der Waals surface area (Å²) in [5, 5.41) is 3.10. The van der Waals surface area contributed by atoms with E-state index in [-0.39, 0.29) is 23.6 Å². The fourth-order valence-electron chi connectivity index (χ4n) is 2.90. The number of rotatable bonds is 4. The molecule has 0 aliphatic carbocycles. The largest absolute Gasteiger partial charge is 0.484 e. The molecule has 1 saturated heterocycles. The molecular weight excluding hydrogens is 269 g/mol. The van der Waals surface area contributed by atoms with E-state index in [4.69, 9.17) is 9.47 Å². The molecule has 1 aliphatic heterocycles. The van der Waals surface area contributed by atoms with Crippen LogP contribution >= 0.6 is 0 Å². The van der Waals surface area contributed by atoms with Crippen molar-refractivity contribution in [2.24, 2.45) is 0 Å². The predicted molar refractivity (Wildman–Crippen MR) is 82.2 cm³/mol. The average molecular weight is 295 g/mol. The Labute approximate surface area is 126 Å². The topological polar surface area (TPSA) is 30.5 Å². The van der Waals surface area contributed by atoms with Crippen molar-refractivity contribution in [1.29, 1.82) is 0 Å². The zero-order valence-electron chi connectivity index (χ0n) is 13.8. The van der Waals surface area contributed by atoms with Gasteiger partial charge in [-0.1, -0.05) is 6.07 Å². The lowest BCUT2D eigenvalue weighted by Gasteiger charge is -2.27. The first-order chi connectivity index (χ1) is 9.64. The molecule has 1 heterocycles. The summed E-state index contributed by atoms with van der Waals surface area (Å²) in [5.41, 5.74) is 0.239. The molecule has 1 N–H and O–H groups in total. The molecule has 0 aromatic heterocycles. The molecule has 0 bridgehead atoms. The van der Waals surface area contributed by atoms with Crippen LogP contribution in [0.5, 0.6) is 5.75 Å². The van der Waals surface area contributed by atoms with Crippen LogP contribution in [0.25, 0.3) is 0 Å². The van der Waals surface area contributed by atoms with Gasteiger partial charge in [0.15, 0.2) is 11.6 Å². The van der Waals surface area contributed by atoms with Crippen molar-refractivity contribution >= 4 is 0 Å². The summed E-state index contributed by atoms with van der Waals surface area (Å²) in [6.07, 6.45) is 0.586. The monoisotopic (exact) mass is 295 g/mol. The second-order valence-electron chi connectivity index (χ2n) is 6.98. The number of nitrogens with one attached hydrogen (secondary N) is 1. The van der Waals surface area contributed by atoms with Crippen molar-refractivity contribution in [3.05, 3.63) is 29.6 Å². The van der Waals surface area contributed by atoms with Crippen LogP contribution in [0.4, 0.5) is 4.39 Å². The van der Waals surface area contributed by atoms with Crippen molar-refractivity contribution in [1.82, 2.24) is 5.32 Å². The van der Waals surface area contributed by atoms with Crippen molar-refractivity contribution in [2.45, 2.75) is 64.4 Å². The molecule has 21 heavy (non-hydrogen) atoms. The van der Waals surface area contributed by atoms with Crippen LogP contribution < -0.4 is 10.1 Å². The van der Waals surface area contributed by atoms with E-state index in [9.17, 15) is 4.39 Å². The van der Waals surface area contributed by atoms with Gasteiger partial charge >= 0.3 is 0 Å². The van der Waals surface area contributed by atoms with Crippen molar-refractivity contribution < 1.29 is 13.9 Å². The van der Waals surface area contributed by atoms with Gasteiger partial charge in [0.2, 0.25) is 0 Å². The molecule has 118 valence electrons. The van der Waals surface area contributed by atoms with Crippen molar-refractivity contribution in [3.8, 4) is 5.75 Å². The molecule has 1 aliphatic rings. The Morgan fingerprint density at radius 3 is 2.48 bits per heavy atom. The summed E-state index contributed by atoms with van der Waals surface area (Å²) >= 11 is 0. The first-order valence-electron chi connectivity index (χ1n) is 7.48. The standard InChI is InChI=1S/C17H26FNO2/c1-11(19-6)12-7-8-14(13(18)9-12)20-15-10-16(2,3)21-17(15,4)5/h7-9,11,15,19H,10H2,1-6H3. The summed E-state index contributed by atoms with van der Waals surface area (Å²) < 4.78 is 26.1. The van der Waals surface area contributed by atoms with Crippen LogP contribution in [0, 0.1) is 5.82 Å². The van der Waals surface area contributed by atoms with Gasteiger partial charge in [0, 0.05) is 12.5 Å². The van der Waals surface area contributed by atoms with Gasteiger partial charge in [-0.3, -0.25) is 0 Å². The Morgan fingerprint density at radius 1 is 1.33 bits per heavy atom. The van der Waals surface area contributed by atoms with Gasteiger partial charge in [0.25, 0.3) is 0 Å². The molecule has 2 rings (SSSR count). The van der Waals surface area contributed by atoms with Gasteiger partial charge in [0.05, 0.1) is 5.60 Å².